The quantitative estimate of drug-likeness (QED) is 0.611. The van der Waals surface area contributed by atoms with E-state index in [0.29, 0.717) is 5.92 Å². The third-order valence-corrected chi connectivity index (χ3v) is 5.25. The van der Waals surface area contributed by atoms with Gasteiger partial charge in [0, 0.05) is 22.7 Å². The number of fused-ring (bicyclic) bond motifs is 1. The van der Waals surface area contributed by atoms with Crippen molar-refractivity contribution < 1.29 is 0 Å². The molecule has 0 spiro atoms. The fourth-order valence-electron chi connectivity index (χ4n) is 3.71. The van der Waals surface area contributed by atoms with Crippen molar-refractivity contribution >= 4 is 17.4 Å². The zero-order valence-corrected chi connectivity index (χ0v) is 16.1. The maximum Gasteiger partial charge on any atom is 0.133 e. The largest absolute Gasteiger partial charge is 0.370 e. The van der Waals surface area contributed by atoms with Crippen LogP contribution in [0.4, 0.5) is 5.82 Å². The van der Waals surface area contributed by atoms with E-state index < -0.39 is 0 Å². The first kappa shape index (κ1) is 17.2. The molecule has 1 N–H and O–H groups in total. The van der Waals surface area contributed by atoms with Gasteiger partial charge in [-0.05, 0) is 48.9 Å². The molecular formula is C22H24ClN3. The van der Waals surface area contributed by atoms with E-state index in [1.54, 1.807) is 0 Å². The second-order valence-electron chi connectivity index (χ2n) is 7.20. The Balaban J connectivity index is 1.94. The van der Waals surface area contributed by atoms with Gasteiger partial charge in [0.25, 0.3) is 0 Å². The molecule has 3 nitrogen and oxygen atoms in total. The fraction of sp³-hybridized carbons (Fsp3) is 0.318. The summed E-state index contributed by atoms with van der Waals surface area (Å²) in [5.74, 6) is 1.57. The Hall–Kier alpha value is -2.26. The van der Waals surface area contributed by atoms with Gasteiger partial charge in [-0.25, -0.2) is 4.68 Å². The van der Waals surface area contributed by atoms with Crippen molar-refractivity contribution in [1.29, 1.82) is 0 Å². The van der Waals surface area contributed by atoms with Gasteiger partial charge in [-0.1, -0.05) is 55.8 Å². The van der Waals surface area contributed by atoms with Gasteiger partial charge in [0.05, 0.1) is 11.4 Å². The maximum atomic E-state index is 6.25. The molecule has 4 rings (SSSR count). The van der Waals surface area contributed by atoms with Crippen molar-refractivity contribution in [3.63, 3.8) is 0 Å². The molecule has 134 valence electrons. The summed E-state index contributed by atoms with van der Waals surface area (Å²) in [6.45, 7) is 5.44. The molecule has 0 atom stereocenters. The Morgan fingerprint density at radius 1 is 1.08 bits per heavy atom. The van der Waals surface area contributed by atoms with Crippen molar-refractivity contribution in [2.45, 2.75) is 39.0 Å². The number of hydrogen-bond donors (Lipinski definition) is 1. The number of para-hydroxylation sites is 1. The Labute approximate surface area is 160 Å². The number of benzene rings is 2. The average molecular weight is 366 g/mol. The summed E-state index contributed by atoms with van der Waals surface area (Å²) in [7, 11) is 0. The Bertz CT molecular complexity index is 927. The van der Waals surface area contributed by atoms with Crippen LogP contribution in [-0.4, -0.2) is 16.3 Å². The van der Waals surface area contributed by atoms with Gasteiger partial charge in [0.2, 0.25) is 0 Å². The average Bonchev–Trinajstić information content (AvgIpc) is 2.82. The zero-order chi connectivity index (χ0) is 18.1. The van der Waals surface area contributed by atoms with Crippen LogP contribution in [0.3, 0.4) is 0 Å². The molecular weight excluding hydrogens is 342 g/mol. The number of hydrogen-bond acceptors (Lipinski definition) is 2. The summed E-state index contributed by atoms with van der Waals surface area (Å²) in [6, 6.07) is 16.6. The summed E-state index contributed by atoms with van der Waals surface area (Å²) >= 11 is 6.25. The van der Waals surface area contributed by atoms with E-state index in [2.05, 4.69) is 54.2 Å². The highest BCUT2D eigenvalue weighted by Crippen LogP contribution is 2.36. The van der Waals surface area contributed by atoms with Crippen molar-refractivity contribution in [3.8, 4) is 16.9 Å². The van der Waals surface area contributed by atoms with E-state index in [0.717, 1.165) is 40.8 Å². The molecule has 0 saturated carbocycles. The van der Waals surface area contributed by atoms with E-state index in [9.17, 15) is 0 Å². The summed E-state index contributed by atoms with van der Waals surface area (Å²) in [4.78, 5) is 0. The van der Waals surface area contributed by atoms with Crippen LogP contribution in [0.15, 0.2) is 48.5 Å². The van der Waals surface area contributed by atoms with Crippen LogP contribution in [0.5, 0.6) is 0 Å². The number of aromatic nitrogens is 2. The van der Waals surface area contributed by atoms with E-state index >= 15 is 0 Å². The minimum Gasteiger partial charge on any atom is -0.370 e. The van der Waals surface area contributed by atoms with E-state index in [4.69, 9.17) is 16.7 Å². The monoisotopic (exact) mass is 365 g/mol. The van der Waals surface area contributed by atoms with Gasteiger partial charge in [-0.15, -0.1) is 0 Å². The lowest BCUT2D eigenvalue weighted by Crippen LogP contribution is -2.09. The molecule has 2 heterocycles. The Morgan fingerprint density at radius 2 is 1.92 bits per heavy atom. The van der Waals surface area contributed by atoms with Gasteiger partial charge in [-0.2, -0.15) is 5.10 Å². The van der Waals surface area contributed by atoms with Crippen molar-refractivity contribution in [1.82, 2.24) is 9.78 Å². The summed E-state index contributed by atoms with van der Waals surface area (Å²) in [6.07, 6.45) is 3.38. The fourth-order valence-corrected chi connectivity index (χ4v) is 3.90. The predicted molar refractivity (Wildman–Crippen MR) is 110 cm³/mol. The highest BCUT2D eigenvalue weighted by Gasteiger charge is 2.23. The molecule has 0 unspecified atom stereocenters. The first-order valence-electron chi connectivity index (χ1n) is 9.36. The number of halogens is 1. The summed E-state index contributed by atoms with van der Waals surface area (Å²) in [5.41, 5.74) is 5.87. The smallest absolute Gasteiger partial charge is 0.133 e. The number of anilines is 1. The molecule has 1 aliphatic heterocycles. The van der Waals surface area contributed by atoms with Gasteiger partial charge >= 0.3 is 0 Å². The lowest BCUT2D eigenvalue weighted by molar-refractivity contribution is 0.776. The first-order chi connectivity index (χ1) is 12.6. The molecule has 0 radical (unpaired) electrons. The second kappa shape index (κ2) is 7.16. The van der Waals surface area contributed by atoms with Gasteiger partial charge < -0.3 is 5.32 Å². The third-order valence-electron chi connectivity index (χ3n) is 5.01. The lowest BCUT2D eigenvalue weighted by Gasteiger charge is -2.15. The number of nitrogens with zero attached hydrogens (tertiary/aromatic N) is 2. The van der Waals surface area contributed by atoms with Crippen LogP contribution in [0, 0.1) is 0 Å². The van der Waals surface area contributed by atoms with E-state index in [1.165, 1.54) is 24.0 Å². The van der Waals surface area contributed by atoms with E-state index in [1.807, 2.05) is 18.2 Å². The van der Waals surface area contributed by atoms with Crippen molar-refractivity contribution in [2.75, 3.05) is 11.9 Å². The summed E-state index contributed by atoms with van der Waals surface area (Å²) < 4.78 is 2.10. The highest BCUT2D eigenvalue weighted by atomic mass is 35.5. The number of rotatable bonds is 3. The zero-order valence-electron chi connectivity index (χ0n) is 15.3. The van der Waals surface area contributed by atoms with Crippen LogP contribution in [0.1, 0.15) is 43.7 Å². The molecule has 0 fully saturated rings. The highest BCUT2D eigenvalue weighted by molar-refractivity contribution is 6.30. The van der Waals surface area contributed by atoms with Crippen LogP contribution < -0.4 is 5.32 Å². The SMILES string of the molecule is CC(C)c1ccccc1-n1nc(-c2cccc(Cl)c2)c2c1NCCCC2. The van der Waals surface area contributed by atoms with Crippen molar-refractivity contribution in [2.24, 2.45) is 0 Å². The van der Waals surface area contributed by atoms with Crippen LogP contribution in [0.25, 0.3) is 16.9 Å². The molecule has 26 heavy (non-hydrogen) atoms. The molecule has 0 aliphatic carbocycles. The third kappa shape index (κ3) is 3.12. The predicted octanol–water partition coefficient (Wildman–Crippen LogP) is 6.06. The standard InChI is InChI=1S/C22H24ClN3/c1-15(2)18-10-3-4-12-20(18)26-22-19(11-5-6-13-24-22)21(25-26)16-8-7-9-17(23)14-16/h3-4,7-10,12,14-15,24H,5-6,11,13H2,1-2H3. The number of nitrogens with one attached hydrogen (secondary N) is 1. The topological polar surface area (TPSA) is 29.9 Å². The molecule has 3 aromatic rings. The minimum atomic E-state index is 0.437. The Morgan fingerprint density at radius 3 is 2.73 bits per heavy atom. The second-order valence-corrected chi connectivity index (χ2v) is 7.63. The summed E-state index contributed by atoms with van der Waals surface area (Å²) in [5, 5.41) is 9.43. The first-order valence-corrected chi connectivity index (χ1v) is 9.74. The normalized spacial score (nSPS) is 14.0. The van der Waals surface area contributed by atoms with Crippen LogP contribution >= 0.6 is 11.6 Å². The maximum absolute atomic E-state index is 6.25. The van der Waals surface area contributed by atoms with Crippen LogP contribution in [0.2, 0.25) is 5.02 Å². The minimum absolute atomic E-state index is 0.437. The molecule has 1 aromatic heterocycles. The lowest BCUT2D eigenvalue weighted by atomic mass is 10.0. The Kier molecular flexibility index (Phi) is 4.73. The van der Waals surface area contributed by atoms with Gasteiger partial charge in [-0.3, -0.25) is 0 Å². The molecule has 2 aromatic carbocycles. The van der Waals surface area contributed by atoms with Gasteiger partial charge in [0.15, 0.2) is 0 Å². The molecule has 4 heteroatoms. The molecule has 0 bridgehead atoms. The molecule has 0 amide bonds. The van der Waals surface area contributed by atoms with Crippen LogP contribution in [-0.2, 0) is 6.42 Å². The molecule has 1 aliphatic rings. The van der Waals surface area contributed by atoms with E-state index in [-0.39, 0.29) is 0 Å². The molecule has 0 saturated heterocycles. The van der Waals surface area contributed by atoms with Crippen molar-refractivity contribution in [3.05, 3.63) is 64.7 Å². The van der Waals surface area contributed by atoms with Gasteiger partial charge in [0.1, 0.15) is 5.82 Å².